The summed E-state index contributed by atoms with van der Waals surface area (Å²) >= 11 is 0. The van der Waals surface area contributed by atoms with E-state index in [2.05, 4.69) is 10.3 Å². The minimum Gasteiger partial charge on any atom is -0.691 e. The molecule has 0 spiro atoms. The van der Waals surface area contributed by atoms with Crippen LogP contribution in [0.2, 0.25) is 0 Å². The fourth-order valence-electron chi connectivity index (χ4n) is 0.221. The molecule has 0 bridgehead atoms. The second-order valence-corrected chi connectivity index (χ2v) is 0.847. The standard InChI is InChI=1S/C2H3N3O/c6-5-2-1-3-4-5/h1-3H. The number of aromatic nitrogens is 3. The highest BCUT2D eigenvalue weighted by atomic mass is 16.5. The minimum absolute atomic E-state index is 0.444. The normalized spacial score (nSPS) is 8.67. The fraction of sp³-hybridized carbons (Fsp3) is 0. The van der Waals surface area contributed by atoms with Crippen LogP contribution in [-0.4, -0.2) is 10.3 Å². The van der Waals surface area contributed by atoms with Gasteiger partial charge in [-0.3, -0.25) is 0 Å². The van der Waals surface area contributed by atoms with Gasteiger partial charge in [-0.25, -0.2) is 0 Å². The first-order valence-electron chi connectivity index (χ1n) is 1.49. The zero-order valence-corrected chi connectivity index (χ0v) is 2.96. The number of H-pyrrole nitrogens is 1. The van der Waals surface area contributed by atoms with Crippen molar-refractivity contribution in [3.05, 3.63) is 17.6 Å². The van der Waals surface area contributed by atoms with Crippen molar-refractivity contribution < 1.29 is 4.85 Å². The van der Waals surface area contributed by atoms with Crippen molar-refractivity contribution in [2.24, 2.45) is 0 Å². The summed E-state index contributed by atoms with van der Waals surface area (Å²) in [4.78, 5) is 0.444. The molecule has 1 heterocycles. The first kappa shape index (κ1) is 3.14. The molecule has 1 aromatic rings. The molecule has 0 aliphatic rings. The van der Waals surface area contributed by atoms with Gasteiger partial charge in [0.1, 0.15) is 0 Å². The summed E-state index contributed by atoms with van der Waals surface area (Å²) in [6.07, 6.45) is 2.73. The summed E-state index contributed by atoms with van der Waals surface area (Å²) in [6, 6.07) is 0. The first-order valence-corrected chi connectivity index (χ1v) is 1.49. The van der Waals surface area contributed by atoms with Crippen molar-refractivity contribution in [1.82, 2.24) is 10.3 Å². The van der Waals surface area contributed by atoms with E-state index in [1.54, 1.807) is 0 Å². The van der Waals surface area contributed by atoms with Gasteiger partial charge in [-0.15, -0.1) is 4.85 Å². The van der Waals surface area contributed by atoms with Gasteiger partial charge in [0.15, 0.2) is 12.4 Å². The molecule has 32 valence electrons. The van der Waals surface area contributed by atoms with Crippen molar-refractivity contribution >= 4 is 0 Å². The van der Waals surface area contributed by atoms with Crippen LogP contribution in [0.5, 0.6) is 0 Å². The lowest BCUT2D eigenvalue weighted by Gasteiger charge is -1.82. The predicted octanol–water partition coefficient (Wildman–Crippen LogP) is -0.957. The van der Waals surface area contributed by atoms with Gasteiger partial charge >= 0.3 is 0 Å². The second kappa shape index (κ2) is 0.965. The first-order chi connectivity index (χ1) is 2.89. The molecule has 0 aliphatic heterocycles. The summed E-state index contributed by atoms with van der Waals surface area (Å²) in [5.74, 6) is 0. The number of rotatable bonds is 0. The van der Waals surface area contributed by atoms with Gasteiger partial charge in [0.2, 0.25) is 0 Å². The minimum atomic E-state index is 0.444. The SMILES string of the molecule is [O-][n+]1cc[nH]n1. The van der Waals surface area contributed by atoms with Crippen LogP contribution in [0.15, 0.2) is 12.4 Å². The van der Waals surface area contributed by atoms with Crippen molar-refractivity contribution in [3.8, 4) is 0 Å². The lowest BCUT2D eigenvalue weighted by atomic mass is 11.0. The molecule has 1 rings (SSSR count). The second-order valence-electron chi connectivity index (χ2n) is 0.847. The Morgan fingerprint density at radius 3 is 2.83 bits per heavy atom. The van der Waals surface area contributed by atoms with E-state index in [1.807, 2.05) is 0 Å². The highest BCUT2D eigenvalue weighted by Gasteiger charge is 1.75. The van der Waals surface area contributed by atoms with E-state index in [4.69, 9.17) is 0 Å². The lowest BCUT2D eigenvalue weighted by molar-refractivity contribution is -0.668. The molecule has 6 heavy (non-hydrogen) atoms. The van der Waals surface area contributed by atoms with Gasteiger partial charge < -0.3 is 5.21 Å². The number of nitrogens with zero attached hydrogens (tertiary/aromatic N) is 2. The van der Waals surface area contributed by atoms with Crippen LogP contribution in [0.4, 0.5) is 0 Å². The molecule has 1 N–H and O–H groups in total. The zero-order chi connectivity index (χ0) is 4.41. The van der Waals surface area contributed by atoms with E-state index in [-0.39, 0.29) is 0 Å². The number of hydrogen-bond acceptors (Lipinski definition) is 2. The van der Waals surface area contributed by atoms with Crippen LogP contribution >= 0.6 is 0 Å². The molecular formula is C2H3N3O. The Kier molecular flexibility index (Phi) is 0.506. The fourth-order valence-corrected chi connectivity index (χ4v) is 0.221. The maximum absolute atomic E-state index is 9.84. The Hall–Kier alpha value is -1.06. The van der Waals surface area contributed by atoms with E-state index in [0.29, 0.717) is 4.85 Å². The average molecular weight is 85.1 g/mol. The van der Waals surface area contributed by atoms with Gasteiger partial charge in [0.25, 0.3) is 0 Å². The highest BCUT2D eigenvalue weighted by Crippen LogP contribution is 1.53. The Morgan fingerprint density at radius 1 is 1.83 bits per heavy atom. The maximum Gasteiger partial charge on any atom is 0.159 e. The van der Waals surface area contributed by atoms with Gasteiger partial charge in [0, 0.05) is 0 Å². The Bertz CT molecular complexity index is 112. The predicted molar refractivity (Wildman–Crippen MR) is 17.5 cm³/mol. The van der Waals surface area contributed by atoms with Gasteiger partial charge in [-0.05, 0) is 0 Å². The van der Waals surface area contributed by atoms with Crippen LogP contribution in [0.1, 0.15) is 0 Å². The summed E-state index contributed by atoms with van der Waals surface area (Å²) in [7, 11) is 0. The zero-order valence-electron chi connectivity index (χ0n) is 2.96. The third-order valence-electron chi connectivity index (χ3n) is 0.433. The smallest absolute Gasteiger partial charge is 0.159 e. The Morgan fingerprint density at radius 2 is 2.67 bits per heavy atom. The lowest BCUT2D eigenvalue weighted by Crippen LogP contribution is -2.26. The molecule has 0 unspecified atom stereocenters. The van der Waals surface area contributed by atoms with Crippen LogP contribution in [0, 0.1) is 5.21 Å². The Balaban J connectivity index is 3.05. The highest BCUT2D eigenvalue weighted by molar-refractivity contribution is 4.48. The van der Waals surface area contributed by atoms with Crippen molar-refractivity contribution in [2.75, 3.05) is 0 Å². The van der Waals surface area contributed by atoms with E-state index < -0.39 is 0 Å². The Labute approximate surface area is 34.0 Å². The van der Waals surface area contributed by atoms with E-state index in [9.17, 15) is 5.21 Å². The van der Waals surface area contributed by atoms with Gasteiger partial charge in [0.05, 0.1) is 5.21 Å². The number of hydrogen-bond donors (Lipinski definition) is 1. The van der Waals surface area contributed by atoms with E-state index in [0.717, 1.165) is 0 Å². The number of nitrogens with one attached hydrogen (secondary N) is 1. The third kappa shape index (κ3) is 0.314. The molecule has 0 fully saturated rings. The topological polar surface area (TPSA) is 55.6 Å². The van der Waals surface area contributed by atoms with Crippen LogP contribution in [-0.2, 0) is 0 Å². The molecule has 4 heteroatoms. The van der Waals surface area contributed by atoms with Crippen molar-refractivity contribution in [1.29, 1.82) is 0 Å². The largest absolute Gasteiger partial charge is 0.691 e. The third-order valence-corrected chi connectivity index (χ3v) is 0.433. The summed E-state index contributed by atoms with van der Waals surface area (Å²) in [6.45, 7) is 0. The van der Waals surface area contributed by atoms with Crippen molar-refractivity contribution in [3.63, 3.8) is 0 Å². The quantitative estimate of drug-likeness (QED) is 0.326. The molecule has 1 aromatic heterocycles. The maximum atomic E-state index is 9.84. The molecular weight excluding hydrogens is 82.0 g/mol. The summed E-state index contributed by atoms with van der Waals surface area (Å²) in [5, 5.41) is 15.3. The molecule has 0 radical (unpaired) electrons. The molecule has 0 saturated carbocycles. The molecule has 0 aromatic carbocycles. The monoisotopic (exact) mass is 85.0 g/mol. The molecule has 0 aliphatic carbocycles. The molecule has 0 atom stereocenters. The molecule has 0 saturated heterocycles. The van der Waals surface area contributed by atoms with Gasteiger partial charge in [-0.2, -0.15) is 5.10 Å². The van der Waals surface area contributed by atoms with E-state index >= 15 is 0 Å². The van der Waals surface area contributed by atoms with E-state index in [1.165, 1.54) is 12.4 Å². The van der Waals surface area contributed by atoms with Crippen LogP contribution in [0.25, 0.3) is 0 Å². The van der Waals surface area contributed by atoms with Crippen LogP contribution in [0.3, 0.4) is 0 Å². The number of aromatic amines is 1. The van der Waals surface area contributed by atoms with Crippen LogP contribution < -0.4 is 4.85 Å². The van der Waals surface area contributed by atoms with Gasteiger partial charge in [-0.1, -0.05) is 0 Å². The van der Waals surface area contributed by atoms with Crippen molar-refractivity contribution in [2.45, 2.75) is 0 Å². The average Bonchev–Trinajstić information content (AvgIpc) is 1.86. The summed E-state index contributed by atoms with van der Waals surface area (Å²) < 4.78 is 0. The molecule has 4 nitrogen and oxygen atoms in total. The summed E-state index contributed by atoms with van der Waals surface area (Å²) in [5.41, 5.74) is 0. The molecule has 0 amide bonds.